The van der Waals surface area contributed by atoms with Crippen molar-refractivity contribution in [2.24, 2.45) is 16.8 Å². The summed E-state index contributed by atoms with van der Waals surface area (Å²) in [5, 5.41) is 11.7. The summed E-state index contributed by atoms with van der Waals surface area (Å²) in [6, 6.07) is 5.23. The third-order valence-corrected chi connectivity index (χ3v) is 3.88. The van der Waals surface area contributed by atoms with E-state index in [1.807, 2.05) is 6.92 Å². The maximum Gasteiger partial charge on any atom is 0.255 e. The molecule has 0 aromatic heterocycles. The zero-order chi connectivity index (χ0) is 16.0. The summed E-state index contributed by atoms with van der Waals surface area (Å²) in [4.78, 5) is 14.2. The van der Waals surface area contributed by atoms with Gasteiger partial charge in [-0.1, -0.05) is 12.1 Å². The number of amidine groups is 1. The fourth-order valence-corrected chi connectivity index (χ4v) is 2.26. The van der Waals surface area contributed by atoms with E-state index >= 15 is 0 Å². The average Bonchev–Trinajstić information content (AvgIpc) is 2.51. The summed E-state index contributed by atoms with van der Waals surface area (Å²) in [5.74, 6) is 0.345. The molecule has 21 heavy (non-hydrogen) atoms. The van der Waals surface area contributed by atoms with Crippen LogP contribution >= 0.6 is 15.9 Å². The van der Waals surface area contributed by atoms with Crippen LogP contribution in [0.3, 0.4) is 0 Å². The molecule has 0 saturated carbocycles. The topological polar surface area (TPSA) is 88.1 Å². The van der Waals surface area contributed by atoms with Crippen molar-refractivity contribution in [3.63, 3.8) is 0 Å². The van der Waals surface area contributed by atoms with Crippen LogP contribution in [-0.4, -0.2) is 42.0 Å². The van der Waals surface area contributed by atoms with Crippen molar-refractivity contribution in [1.82, 2.24) is 4.90 Å². The third-order valence-electron chi connectivity index (χ3n) is 3.19. The summed E-state index contributed by atoms with van der Waals surface area (Å²) in [7, 11) is 1.55. The highest BCUT2D eigenvalue weighted by molar-refractivity contribution is 9.10. The fourth-order valence-electron chi connectivity index (χ4n) is 1.84. The van der Waals surface area contributed by atoms with Crippen LogP contribution in [0.1, 0.15) is 24.2 Å². The quantitative estimate of drug-likeness (QED) is 0.354. The van der Waals surface area contributed by atoms with E-state index < -0.39 is 0 Å². The number of rotatable bonds is 6. The second-order valence-electron chi connectivity index (χ2n) is 4.62. The number of hydrogen-bond donors (Lipinski definition) is 2. The van der Waals surface area contributed by atoms with Gasteiger partial charge in [0.1, 0.15) is 11.6 Å². The highest BCUT2D eigenvalue weighted by atomic mass is 79.9. The first-order chi connectivity index (χ1) is 9.94. The molecule has 116 valence electrons. The third kappa shape index (κ3) is 4.35. The van der Waals surface area contributed by atoms with E-state index in [1.54, 1.807) is 37.1 Å². The van der Waals surface area contributed by atoms with Gasteiger partial charge in [0, 0.05) is 23.5 Å². The molecule has 7 heteroatoms. The Morgan fingerprint density at radius 1 is 1.57 bits per heavy atom. The van der Waals surface area contributed by atoms with Gasteiger partial charge in [0.05, 0.1) is 12.7 Å². The molecular formula is C14H20BrN3O3. The minimum Gasteiger partial charge on any atom is -0.497 e. The molecule has 6 nitrogen and oxygen atoms in total. The lowest BCUT2D eigenvalue weighted by Crippen LogP contribution is -2.38. The number of oxime groups is 1. The standard InChI is InChI=1S/C14H20BrN3O3/c1-4-18(8-9(2)13(16)17-20)14(19)11-7-10(21-3)5-6-12(11)15/h5-7,9,20H,4,8H2,1-3H3,(H2,16,17). The number of halogens is 1. The fraction of sp³-hybridized carbons (Fsp3) is 0.429. The first-order valence-electron chi connectivity index (χ1n) is 6.54. The number of nitrogens with zero attached hydrogens (tertiary/aromatic N) is 2. The highest BCUT2D eigenvalue weighted by Gasteiger charge is 2.21. The Balaban J connectivity index is 2.98. The van der Waals surface area contributed by atoms with E-state index in [2.05, 4.69) is 21.1 Å². The van der Waals surface area contributed by atoms with Gasteiger partial charge < -0.3 is 20.6 Å². The zero-order valence-corrected chi connectivity index (χ0v) is 13.9. The minimum absolute atomic E-state index is 0.103. The van der Waals surface area contributed by atoms with Gasteiger partial charge in [-0.3, -0.25) is 4.79 Å². The van der Waals surface area contributed by atoms with Crippen molar-refractivity contribution in [2.45, 2.75) is 13.8 Å². The Hall–Kier alpha value is -1.76. The van der Waals surface area contributed by atoms with Gasteiger partial charge >= 0.3 is 0 Å². The Bertz CT molecular complexity index is 534. The smallest absolute Gasteiger partial charge is 0.255 e. The summed E-state index contributed by atoms with van der Waals surface area (Å²) < 4.78 is 5.84. The van der Waals surface area contributed by atoms with Gasteiger partial charge in [-0.2, -0.15) is 0 Å². The molecule has 0 heterocycles. The summed E-state index contributed by atoms with van der Waals surface area (Å²) in [5.41, 5.74) is 6.08. The van der Waals surface area contributed by atoms with Gasteiger partial charge in [0.25, 0.3) is 5.91 Å². The number of amides is 1. The Morgan fingerprint density at radius 3 is 2.76 bits per heavy atom. The number of methoxy groups -OCH3 is 1. The Labute approximate surface area is 132 Å². The molecule has 0 aliphatic rings. The SMILES string of the molecule is CCN(CC(C)C(N)=NO)C(=O)c1cc(OC)ccc1Br. The molecule has 1 aromatic rings. The molecule has 0 aliphatic heterocycles. The van der Waals surface area contributed by atoms with E-state index in [1.165, 1.54) is 0 Å². The number of ether oxygens (including phenoxy) is 1. The lowest BCUT2D eigenvalue weighted by atomic mass is 10.1. The van der Waals surface area contributed by atoms with Crippen molar-refractivity contribution in [3.05, 3.63) is 28.2 Å². The zero-order valence-electron chi connectivity index (χ0n) is 12.3. The largest absolute Gasteiger partial charge is 0.497 e. The normalized spacial score (nSPS) is 12.9. The van der Waals surface area contributed by atoms with Crippen LogP contribution in [0.2, 0.25) is 0 Å². The predicted molar refractivity (Wildman–Crippen MR) is 84.8 cm³/mol. The number of carbonyl (C=O) groups excluding carboxylic acids is 1. The van der Waals surface area contributed by atoms with Crippen LogP contribution in [0.25, 0.3) is 0 Å². The average molecular weight is 358 g/mol. The Kier molecular flexibility index (Phi) is 6.48. The first kappa shape index (κ1) is 17.3. The molecular weight excluding hydrogens is 338 g/mol. The van der Waals surface area contributed by atoms with Crippen LogP contribution in [0.15, 0.2) is 27.8 Å². The molecule has 1 rings (SSSR count). The number of benzene rings is 1. The molecule has 0 bridgehead atoms. The summed E-state index contributed by atoms with van der Waals surface area (Å²) in [6.45, 7) is 4.57. The van der Waals surface area contributed by atoms with Gasteiger partial charge in [-0.15, -0.1) is 0 Å². The van der Waals surface area contributed by atoms with Crippen LogP contribution < -0.4 is 10.5 Å². The molecule has 1 atom stereocenters. The molecule has 0 spiro atoms. The lowest BCUT2D eigenvalue weighted by molar-refractivity contribution is 0.0752. The number of hydrogen-bond acceptors (Lipinski definition) is 4. The van der Waals surface area contributed by atoms with Crippen LogP contribution in [0.4, 0.5) is 0 Å². The molecule has 3 N–H and O–H groups in total. The van der Waals surface area contributed by atoms with E-state index in [4.69, 9.17) is 15.7 Å². The maximum atomic E-state index is 12.6. The lowest BCUT2D eigenvalue weighted by Gasteiger charge is -2.24. The molecule has 1 aromatic carbocycles. The van der Waals surface area contributed by atoms with Gasteiger partial charge in [-0.05, 0) is 41.1 Å². The van der Waals surface area contributed by atoms with Crippen LogP contribution in [0, 0.1) is 5.92 Å². The highest BCUT2D eigenvalue weighted by Crippen LogP contribution is 2.24. The Morgan fingerprint density at radius 2 is 2.24 bits per heavy atom. The van der Waals surface area contributed by atoms with Crippen molar-refractivity contribution in [2.75, 3.05) is 20.2 Å². The molecule has 1 unspecified atom stereocenters. The number of nitrogens with two attached hydrogens (primary N) is 1. The summed E-state index contributed by atoms with van der Waals surface area (Å²) >= 11 is 3.38. The maximum absolute atomic E-state index is 12.6. The minimum atomic E-state index is -0.233. The van der Waals surface area contributed by atoms with Crippen molar-refractivity contribution >= 4 is 27.7 Å². The monoisotopic (exact) mass is 357 g/mol. The molecule has 0 radical (unpaired) electrons. The van der Waals surface area contributed by atoms with Crippen molar-refractivity contribution in [1.29, 1.82) is 0 Å². The number of carbonyl (C=O) groups is 1. The van der Waals surface area contributed by atoms with Gasteiger partial charge in [0.2, 0.25) is 0 Å². The first-order valence-corrected chi connectivity index (χ1v) is 7.34. The van der Waals surface area contributed by atoms with Gasteiger partial charge in [0.15, 0.2) is 0 Å². The van der Waals surface area contributed by atoms with E-state index in [9.17, 15) is 4.79 Å². The predicted octanol–water partition coefficient (Wildman–Crippen LogP) is 2.30. The van der Waals surface area contributed by atoms with E-state index in [0.29, 0.717) is 28.9 Å². The summed E-state index contributed by atoms with van der Waals surface area (Å²) in [6.07, 6.45) is 0. The van der Waals surface area contributed by atoms with Gasteiger partial charge in [-0.25, -0.2) is 0 Å². The molecule has 1 amide bonds. The van der Waals surface area contributed by atoms with Crippen LogP contribution in [0.5, 0.6) is 5.75 Å². The molecule has 0 fully saturated rings. The van der Waals surface area contributed by atoms with Crippen LogP contribution in [-0.2, 0) is 0 Å². The second-order valence-corrected chi connectivity index (χ2v) is 5.47. The van der Waals surface area contributed by atoms with Crippen molar-refractivity contribution in [3.8, 4) is 5.75 Å². The molecule has 0 aliphatic carbocycles. The second kappa shape index (κ2) is 7.87. The van der Waals surface area contributed by atoms with E-state index in [0.717, 1.165) is 0 Å². The van der Waals surface area contributed by atoms with Crippen molar-refractivity contribution < 1.29 is 14.7 Å². The van der Waals surface area contributed by atoms with E-state index in [-0.39, 0.29) is 17.7 Å². The molecule has 0 saturated heterocycles.